The van der Waals surface area contributed by atoms with E-state index in [-0.39, 0.29) is 24.2 Å². The second kappa shape index (κ2) is 5.98. The Balaban J connectivity index is 3.86. The third-order valence-corrected chi connectivity index (χ3v) is 2.18. The highest BCUT2D eigenvalue weighted by Crippen LogP contribution is 2.12. The topological polar surface area (TPSA) is 64.3 Å². The lowest BCUT2D eigenvalue weighted by Crippen LogP contribution is -2.41. The van der Waals surface area contributed by atoms with Crippen molar-refractivity contribution < 1.29 is 9.53 Å². The summed E-state index contributed by atoms with van der Waals surface area (Å²) >= 11 is 0. The second-order valence-electron chi connectivity index (χ2n) is 4.02. The summed E-state index contributed by atoms with van der Waals surface area (Å²) in [5.41, 5.74) is 5.17. The van der Waals surface area contributed by atoms with Crippen LogP contribution in [0, 0.1) is 0 Å². The van der Waals surface area contributed by atoms with Crippen LogP contribution in [0.2, 0.25) is 0 Å². The van der Waals surface area contributed by atoms with Gasteiger partial charge in [0.2, 0.25) is 5.91 Å². The quantitative estimate of drug-likeness (QED) is 0.665. The maximum absolute atomic E-state index is 11.3. The van der Waals surface area contributed by atoms with Crippen LogP contribution in [0.5, 0.6) is 0 Å². The molecular weight excluding hydrogens is 180 g/mol. The molecular formula is C10H22N2O2. The number of nitrogens with one attached hydrogen (secondary N) is 1. The van der Waals surface area contributed by atoms with E-state index < -0.39 is 0 Å². The normalized spacial score (nSPS) is 15.3. The summed E-state index contributed by atoms with van der Waals surface area (Å²) in [5.74, 6) is -0.0897. The van der Waals surface area contributed by atoms with Crippen LogP contribution in [-0.2, 0) is 9.53 Å². The molecule has 3 N–H and O–H groups in total. The predicted molar refractivity (Wildman–Crippen MR) is 57.0 cm³/mol. The van der Waals surface area contributed by atoms with Gasteiger partial charge in [0.15, 0.2) is 0 Å². The van der Waals surface area contributed by atoms with Crippen LogP contribution >= 0.6 is 0 Å². The second-order valence-corrected chi connectivity index (χ2v) is 4.02. The minimum absolute atomic E-state index is 0.0831. The molecule has 84 valence electrons. The molecule has 0 saturated heterocycles. The van der Waals surface area contributed by atoms with E-state index >= 15 is 0 Å². The summed E-state index contributed by atoms with van der Waals surface area (Å²) in [5, 5.41) is 2.76. The minimum atomic E-state index is -0.381. The van der Waals surface area contributed by atoms with Gasteiger partial charge in [-0.15, -0.1) is 0 Å². The molecule has 0 aromatic heterocycles. The van der Waals surface area contributed by atoms with E-state index in [0.717, 1.165) is 6.42 Å². The summed E-state index contributed by atoms with van der Waals surface area (Å²) in [7, 11) is 0. The molecule has 14 heavy (non-hydrogen) atoms. The van der Waals surface area contributed by atoms with Crippen LogP contribution in [-0.4, -0.2) is 30.7 Å². The lowest BCUT2D eigenvalue weighted by Gasteiger charge is -2.26. The molecule has 1 atom stereocenters. The van der Waals surface area contributed by atoms with Crippen molar-refractivity contribution in [3.63, 3.8) is 0 Å². The van der Waals surface area contributed by atoms with E-state index in [9.17, 15) is 4.79 Å². The first-order valence-electron chi connectivity index (χ1n) is 5.07. The fourth-order valence-electron chi connectivity index (χ4n) is 0.909. The Morgan fingerprint density at radius 1 is 1.57 bits per heavy atom. The number of hydrogen-bond acceptors (Lipinski definition) is 3. The Bertz CT molecular complexity index is 177. The van der Waals surface area contributed by atoms with Gasteiger partial charge in [-0.05, 0) is 27.2 Å². The molecule has 0 radical (unpaired) electrons. The van der Waals surface area contributed by atoms with Gasteiger partial charge < -0.3 is 15.8 Å². The average molecular weight is 202 g/mol. The molecule has 0 saturated carbocycles. The largest absolute Gasteiger partial charge is 0.364 e. The Labute approximate surface area is 86.2 Å². The van der Waals surface area contributed by atoms with Crippen LogP contribution < -0.4 is 11.1 Å². The van der Waals surface area contributed by atoms with Crippen LogP contribution in [0.15, 0.2) is 0 Å². The van der Waals surface area contributed by atoms with E-state index in [1.54, 1.807) is 0 Å². The Morgan fingerprint density at radius 3 is 2.50 bits per heavy atom. The standard InChI is InChI=1S/C10H22N2O2/c1-5-10(4,7-11)14-6-9(13)12-8(2)3/h8H,5-7,11H2,1-4H3,(H,12,13). The van der Waals surface area contributed by atoms with Crippen molar-refractivity contribution in [2.45, 2.75) is 45.8 Å². The molecule has 1 amide bonds. The van der Waals surface area contributed by atoms with E-state index in [1.807, 2.05) is 27.7 Å². The molecule has 0 aliphatic rings. The summed E-state index contributed by atoms with van der Waals surface area (Å²) in [6, 6.07) is 0.150. The van der Waals surface area contributed by atoms with Crippen LogP contribution in [0.1, 0.15) is 34.1 Å². The zero-order valence-corrected chi connectivity index (χ0v) is 9.59. The molecule has 0 rings (SSSR count). The van der Waals surface area contributed by atoms with Gasteiger partial charge in [0.05, 0.1) is 5.60 Å². The minimum Gasteiger partial charge on any atom is -0.364 e. The van der Waals surface area contributed by atoms with Crippen molar-refractivity contribution in [3.05, 3.63) is 0 Å². The molecule has 0 aliphatic carbocycles. The molecule has 4 heteroatoms. The SMILES string of the molecule is CCC(C)(CN)OCC(=O)NC(C)C. The molecule has 4 nitrogen and oxygen atoms in total. The van der Waals surface area contributed by atoms with Crippen LogP contribution in [0.25, 0.3) is 0 Å². The molecule has 0 aliphatic heterocycles. The van der Waals surface area contributed by atoms with Crippen molar-refractivity contribution >= 4 is 5.91 Å². The number of nitrogens with two attached hydrogens (primary N) is 1. The van der Waals surface area contributed by atoms with Gasteiger partial charge in [-0.2, -0.15) is 0 Å². The van der Waals surface area contributed by atoms with E-state index in [2.05, 4.69) is 5.32 Å². The summed E-state index contributed by atoms with van der Waals surface area (Å²) in [6.07, 6.45) is 0.804. The number of hydrogen-bond donors (Lipinski definition) is 2. The van der Waals surface area contributed by atoms with Crippen molar-refractivity contribution in [2.24, 2.45) is 5.73 Å². The summed E-state index contributed by atoms with van der Waals surface area (Å²) in [6.45, 7) is 8.25. The van der Waals surface area contributed by atoms with Crippen molar-refractivity contribution in [1.29, 1.82) is 0 Å². The molecule has 0 heterocycles. The number of carbonyl (C=O) groups is 1. The molecule has 0 bridgehead atoms. The Hall–Kier alpha value is -0.610. The average Bonchev–Trinajstić information content (AvgIpc) is 2.13. The zero-order chi connectivity index (χ0) is 11.2. The van der Waals surface area contributed by atoms with Gasteiger partial charge >= 0.3 is 0 Å². The first-order valence-corrected chi connectivity index (χ1v) is 5.07. The summed E-state index contributed by atoms with van der Waals surface area (Å²) < 4.78 is 5.45. The Morgan fingerprint density at radius 2 is 2.14 bits per heavy atom. The van der Waals surface area contributed by atoms with Crippen LogP contribution in [0.3, 0.4) is 0 Å². The van der Waals surface area contributed by atoms with E-state index in [1.165, 1.54) is 0 Å². The number of rotatable bonds is 6. The highest BCUT2D eigenvalue weighted by molar-refractivity contribution is 5.77. The zero-order valence-electron chi connectivity index (χ0n) is 9.59. The maximum atomic E-state index is 11.3. The monoisotopic (exact) mass is 202 g/mol. The van der Waals surface area contributed by atoms with Gasteiger partial charge in [-0.1, -0.05) is 6.92 Å². The van der Waals surface area contributed by atoms with Gasteiger partial charge in [0, 0.05) is 12.6 Å². The highest BCUT2D eigenvalue weighted by atomic mass is 16.5. The maximum Gasteiger partial charge on any atom is 0.246 e. The third-order valence-electron chi connectivity index (χ3n) is 2.18. The van der Waals surface area contributed by atoms with Crippen molar-refractivity contribution in [2.75, 3.05) is 13.2 Å². The highest BCUT2D eigenvalue weighted by Gasteiger charge is 2.21. The summed E-state index contributed by atoms with van der Waals surface area (Å²) in [4.78, 5) is 11.3. The smallest absolute Gasteiger partial charge is 0.246 e. The van der Waals surface area contributed by atoms with Gasteiger partial charge in [-0.3, -0.25) is 4.79 Å². The molecule has 0 aromatic rings. The molecule has 0 aromatic carbocycles. The fourth-order valence-corrected chi connectivity index (χ4v) is 0.909. The van der Waals surface area contributed by atoms with Crippen molar-refractivity contribution in [3.8, 4) is 0 Å². The first kappa shape index (κ1) is 13.4. The predicted octanol–water partition coefficient (Wildman–Crippen LogP) is 0.655. The van der Waals surface area contributed by atoms with Gasteiger partial charge in [0.25, 0.3) is 0 Å². The van der Waals surface area contributed by atoms with Crippen LogP contribution in [0.4, 0.5) is 0 Å². The van der Waals surface area contributed by atoms with Gasteiger partial charge in [0.1, 0.15) is 6.61 Å². The Kier molecular flexibility index (Phi) is 5.72. The lowest BCUT2D eigenvalue weighted by molar-refractivity contribution is -0.132. The number of amides is 1. The molecule has 0 spiro atoms. The third kappa shape index (κ3) is 5.19. The molecule has 0 fully saturated rings. The first-order chi connectivity index (χ1) is 6.43. The number of ether oxygens (including phenoxy) is 1. The van der Waals surface area contributed by atoms with Crippen molar-refractivity contribution in [1.82, 2.24) is 5.32 Å². The van der Waals surface area contributed by atoms with Gasteiger partial charge in [-0.25, -0.2) is 0 Å². The molecule has 1 unspecified atom stereocenters. The number of carbonyl (C=O) groups excluding carboxylic acids is 1. The lowest BCUT2D eigenvalue weighted by atomic mass is 10.0. The fraction of sp³-hybridized carbons (Fsp3) is 0.900. The van der Waals surface area contributed by atoms with E-state index in [4.69, 9.17) is 10.5 Å². The van der Waals surface area contributed by atoms with E-state index in [0.29, 0.717) is 6.54 Å².